The fourth-order valence-corrected chi connectivity index (χ4v) is 5.28. The Morgan fingerprint density at radius 1 is 0.897 bits per heavy atom. The van der Waals surface area contributed by atoms with Crippen molar-refractivity contribution >= 4 is 30.8 Å². The van der Waals surface area contributed by atoms with Crippen LogP contribution in [0.5, 0.6) is 11.5 Å². The number of hydrogen-bond donors (Lipinski definition) is 2. The van der Waals surface area contributed by atoms with Crippen molar-refractivity contribution in [2.75, 3.05) is 11.7 Å². The van der Waals surface area contributed by atoms with Crippen molar-refractivity contribution < 1.29 is 23.5 Å². The maximum Gasteiger partial charge on any atom is 0.523 e. The first-order valence-corrected chi connectivity index (χ1v) is 14.0. The van der Waals surface area contributed by atoms with Gasteiger partial charge < -0.3 is 14.6 Å². The Balaban J connectivity index is 1.27. The van der Waals surface area contributed by atoms with E-state index in [2.05, 4.69) is 20.3 Å². The highest BCUT2D eigenvalue weighted by Gasteiger charge is 2.45. The average molecular weight is 545 g/mol. The van der Waals surface area contributed by atoms with Crippen molar-refractivity contribution in [3.05, 3.63) is 109 Å². The molecule has 0 aliphatic heterocycles. The highest BCUT2D eigenvalue weighted by molar-refractivity contribution is 7.61. The molecule has 0 unspecified atom stereocenters. The van der Waals surface area contributed by atoms with Gasteiger partial charge in [-0.3, -0.25) is 13.8 Å². The fourth-order valence-electron chi connectivity index (χ4n) is 3.79. The van der Waals surface area contributed by atoms with Gasteiger partial charge in [0, 0.05) is 5.56 Å². The molecule has 5 aromatic rings. The summed E-state index contributed by atoms with van der Waals surface area (Å²) >= 11 is 0. The first-order chi connectivity index (χ1) is 19.0. The van der Waals surface area contributed by atoms with Crippen LogP contribution in [0.15, 0.2) is 104 Å². The molecule has 0 saturated heterocycles. The van der Waals surface area contributed by atoms with Crippen molar-refractivity contribution in [1.82, 2.24) is 19.5 Å². The fraction of sp³-hybridized carbons (Fsp3) is 0.143. The lowest BCUT2D eigenvalue weighted by molar-refractivity contribution is 0.0733. The second-order valence-corrected chi connectivity index (χ2v) is 10.6. The van der Waals surface area contributed by atoms with Gasteiger partial charge in [-0.05, 0) is 43.3 Å². The molecule has 2 N–H and O–H groups in total. The number of nitrogens with zero attached hydrogens (tertiary/aromatic N) is 4. The molecule has 10 nitrogen and oxygen atoms in total. The van der Waals surface area contributed by atoms with E-state index < -0.39 is 7.94 Å². The largest absolute Gasteiger partial charge is 0.523 e. The summed E-state index contributed by atoms with van der Waals surface area (Å²) in [7, 11) is -3.48. The Hall–Kier alpha value is -4.37. The number of carbonyl (C=O) groups is 1. The number of para-hydroxylation sites is 2. The zero-order chi connectivity index (χ0) is 27.1. The minimum atomic E-state index is -3.48. The van der Waals surface area contributed by atoms with Gasteiger partial charge in [0.05, 0.1) is 19.0 Å². The molecular formula is C28H27N5O5P+. The third kappa shape index (κ3) is 6.74. The average Bonchev–Trinajstić information content (AvgIpc) is 3.37. The summed E-state index contributed by atoms with van der Waals surface area (Å²) in [4.78, 5) is 36.9. The number of rotatable bonds is 11. The quantitative estimate of drug-likeness (QED) is 0.214. The molecule has 198 valence electrons. The highest BCUT2D eigenvalue weighted by atomic mass is 31.2. The lowest BCUT2D eigenvalue weighted by Gasteiger charge is -2.20. The second kappa shape index (κ2) is 12.0. The van der Waals surface area contributed by atoms with Crippen LogP contribution in [0.3, 0.4) is 0 Å². The molecule has 0 saturated carbocycles. The van der Waals surface area contributed by atoms with E-state index in [1.807, 2.05) is 49.4 Å². The molecule has 2 aromatic heterocycles. The molecule has 2 heterocycles. The van der Waals surface area contributed by atoms with E-state index in [4.69, 9.17) is 13.8 Å². The van der Waals surface area contributed by atoms with E-state index in [0.717, 1.165) is 0 Å². The number of ether oxygens (including phenoxy) is 1. The molecule has 0 aliphatic rings. The van der Waals surface area contributed by atoms with Crippen LogP contribution in [-0.4, -0.2) is 42.8 Å². The van der Waals surface area contributed by atoms with Gasteiger partial charge in [-0.25, -0.2) is 15.0 Å². The van der Waals surface area contributed by atoms with Crippen molar-refractivity contribution in [1.29, 1.82) is 0 Å². The molecule has 0 radical (unpaired) electrons. The summed E-state index contributed by atoms with van der Waals surface area (Å²) < 4.78 is 19.6. The van der Waals surface area contributed by atoms with E-state index in [0.29, 0.717) is 40.6 Å². The zero-order valence-corrected chi connectivity index (χ0v) is 22.0. The van der Waals surface area contributed by atoms with Crippen LogP contribution >= 0.6 is 7.94 Å². The number of aromatic nitrogens is 4. The number of nitrogens with one attached hydrogen (secondary N) is 1. The first-order valence-electron chi connectivity index (χ1n) is 12.2. The van der Waals surface area contributed by atoms with Gasteiger partial charge >= 0.3 is 7.94 Å². The van der Waals surface area contributed by atoms with Gasteiger partial charge in [-0.1, -0.05) is 54.6 Å². The van der Waals surface area contributed by atoms with Gasteiger partial charge in [-0.2, -0.15) is 4.89 Å². The number of fused-ring (bicyclic) bond motifs is 1. The van der Waals surface area contributed by atoms with Crippen LogP contribution in [0.1, 0.15) is 17.3 Å². The van der Waals surface area contributed by atoms with Gasteiger partial charge in [0.2, 0.25) is 0 Å². The summed E-state index contributed by atoms with van der Waals surface area (Å²) in [5.74, 6) is 0.974. The molecule has 0 aliphatic carbocycles. The summed E-state index contributed by atoms with van der Waals surface area (Å²) in [6.07, 6.45) is 2.45. The third-order valence-corrected chi connectivity index (χ3v) is 7.10. The number of amides is 1. The lowest BCUT2D eigenvalue weighted by atomic mass is 10.2. The van der Waals surface area contributed by atoms with Crippen molar-refractivity contribution in [3.63, 3.8) is 0 Å². The third-order valence-electron chi connectivity index (χ3n) is 5.63. The molecule has 5 rings (SSSR count). The van der Waals surface area contributed by atoms with Crippen LogP contribution in [0.2, 0.25) is 0 Å². The van der Waals surface area contributed by atoms with Crippen LogP contribution in [0.25, 0.3) is 11.2 Å². The van der Waals surface area contributed by atoms with E-state index in [1.165, 1.54) is 6.33 Å². The number of benzene rings is 3. The Morgan fingerprint density at radius 3 is 2.10 bits per heavy atom. The van der Waals surface area contributed by atoms with Crippen LogP contribution in [0.4, 0.5) is 5.82 Å². The smallest absolute Gasteiger partial charge is 0.333 e. The van der Waals surface area contributed by atoms with E-state index in [9.17, 15) is 9.69 Å². The summed E-state index contributed by atoms with van der Waals surface area (Å²) in [5.41, 5.74) is 1.50. The number of imidazole rings is 1. The number of anilines is 1. The maximum atomic E-state index is 12.6. The zero-order valence-electron chi connectivity index (χ0n) is 21.1. The Kier molecular flexibility index (Phi) is 8.07. The minimum absolute atomic E-state index is 0.169. The summed E-state index contributed by atoms with van der Waals surface area (Å²) in [6, 6.07) is 26.8. The van der Waals surface area contributed by atoms with Crippen molar-refractivity contribution in [2.45, 2.75) is 19.6 Å². The van der Waals surface area contributed by atoms with E-state index >= 15 is 0 Å². The predicted octanol–water partition coefficient (Wildman–Crippen LogP) is 5.35. The van der Waals surface area contributed by atoms with Gasteiger partial charge in [0.15, 0.2) is 28.5 Å². The first kappa shape index (κ1) is 26.2. The monoisotopic (exact) mass is 544 g/mol. The standard InChI is InChI=1S/C28H26N5O5P/c1-21(36-20-39(35,37-23-13-7-3-8-14-23)38-24-15-9-4-10-16-24)17-33-19-31-25-26(29-18-30-27(25)33)32-28(34)22-11-5-2-6-12-22/h2-16,18-19,21,35H,17,20H2,1H3/p+1/t21-/m1/s1. The molecule has 0 spiro atoms. The van der Waals surface area contributed by atoms with Gasteiger partial charge in [0.1, 0.15) is 6.33 Å². The highest BCUT2D eigenvalue weighted by Crippen LogP contribution is 2.56. The number of hydrogen-bond acceptors (Lipinski definition) is 8. The molecule has 39 heavy (non-hydrogen) atoms. The Bertz CT molecular complexity index is 1480. The van der Waals surface area contributed by atoms with Crippen molar-refractivity contribution in [2.24, 2.45) is 0 Å². The van der Waals surface area contributed by atoms with E-state index in [1.54, 1.807) is 59.4 Å². The molecule has 1 atom stereocenters. The Morgan fingerprint density at radius 2 is 1.49 bits per heavy atom. The Labute approximate surface area is 225 Å². The van der Waals surface area contributed by atoms with Crippen LogP contribution in [0, 0.1) is 0 Å². The number of carbonyl (C=O) groups excluding carboxylic acids is 1. The van der Waals surface area contributed by atoms with Gasteiger partial charge in [0.25, 0.3) is 12.3 Å². The predicted molar refractivity (Wildman–Crippen MR) is 148 cm³/mol. The van der Waals surface area contributed by atoms with Crippen LogP contribution in [-0.2, 0) is 11.3 Å². The van der Waals surface area contributed by atoms with Gasteiger partial charge in [-0.15, -0.1) is 0 Å². The maximum absolute atomic E-state index is 12.6. The second-order valence-electron chi connectivity index (χ2n) is 8.66. The SMILES string of the molecule is C[C@H](Cn1cnc2c(NC(=O)c3ccccc3)ncnc21)OC[P+](O)(Oc1ccccc1)Oc1ccccc1. The minimum Gasteiger partial charge on any atom is -0.333 e. The normalized spacial score (nSPS) is 12.2. The lowest BCUT2D eigenvalue weighted by Crippen LogP contribution is -2.21. The molecule has 3 aromatic carbocycles. The summed E-state index contributed by atoms with van der Waals surface area (Å²) in [6.45, 7) is 2.23. The molecule has 0 bridgehead atoms. The molecule has 11 heteroatoms. The topological polar surface area (TPSA) is 121 Å². The van der Waals surface area contributed by atoms with Crippen LogP contribution < -0.4 is 14.4 Å². The van der Waals surface area contributed by atoms with Crippen molar-refractivity contribution in [3.8, 4) is 11.5 Å². The molecule has 0 fully saturated rings. The summed E-state index contributed by atoms with van der Waals surface area (Å²) in [5, 5.41) is 2.80. The molecule has 1 amide bonds. The van der Waals surface area contributed by atoms with E-state index in [-0.39, 0.29) is 18.4 Å². The molecular weight excluding hydrogens is 517 g/mol.